The molecule has 0 atom stereocenters. The second-order valence-corrected chi connectivity index (χ2v) is 4.35. The third-order valence-electron chi connectivity index (χ3n) is 2.83. The van der Waals surface area contributed by atoms with Crippen molar-refractivity contribution in [2.75, 3.05) is 6.61 Å². The van der Waals surface area contributed by atoms with Gasteiger partial charge in [0.1, 0.15) is 0 Å². The smallest absolute Gasteiger partial charge is 0.337 e. The van der Waals surface area contributed by atoms with Crippen LogP contribution in [0.15, 0.2) is 42.9 Å². The van der Waals surface area contributed by atoms with E-state index in [9.17, 15) is 4.79 Å². The summed E-state index contributed by atoms with van der Waals surface area (Å²) in [6.45, 7) is 1.04. The van der Waals surface area contributed by atoms with Crippen LogP contribution in [0.2, 0.25) is 0 Å². The summed E-state index contributed by atoms with van der Waals surface area (Å²) < 4.78 is 5.52. The molecule has 0 bridgehead atoms. The summed E-state index contributed by atoms with van der Waals surface area (Å²) in [7, 11) is 0. The summed E-state index contributed by atoms with van der Waals surface area (Å²) in [5.41, 5.74) is 2.16. The van der Waals surface area contributed by atoms with Crippen molar-refractivity contribution in [3.8, 4) is 0 Å². The Kier molecular flexibility index (Phi) is 5.20. The maximum Gasteiger partial charge on any atom is 0.337 e. The number of carboxylic acid groups (broad SMARTS) is 1. The summed E-state index contributed by atoms with van der Waals surface area (Å²) in [5, 5.41) is 8.75. The lowest BCUT2D eigenvalue weighted by Crippen LogP contribution is -2.02. The van der Waals surface area contributed by atoms with Crippen molar-refractivity contribution in [1.29, 1.82) is 0 Å². The van der Waals surface area contributed by atoms with Crippen molar-refractivity contribution in [2.45, 2.75) is 19.4 Å². The summed E-state index contributed by atoms with van der Waals surface area (Å²) in [6, 6.07) is 7.19. The van der Waals surface area contributed by atoms with E-state index in [0.717, 1.165) is 18.5 Å². The van der Waals surface area contributed by atoms with E-state index in [1.165, 1.54) is 17.8 Å². The molecule has 0 amide bonds. The highest BCUT2D eigenvalue weighted by molar-refractivity contribution is 5.87. The molecule has 0 saturated heterocycles. The van der Waals surface area contributed by atoms with Crippen LogP contribution < -0.4 is 0 Å². The molecule has 0 aromatic carbocycles. The van der Waals surface area contributed by atoms with E-state index in [4.69, 9.17) is 9.84 Å². The lowest BCUT2D eigenvalue weighted by atomic mass is 10.1. The topological polar surface area (TPSA) is 72.3 Å². The van der Waals surface area contributed by atoms with Crippen molar-refractivity contribution in [1.82, 2.24) is 9.97 Å². The normalized spacial score (nSPS) is 10.4. The molecule has 0 saturated carbocycles. The van der Waals surface area contributed by atoms with Gasteiger partial charge >= 0.3 is 5.97 Å². The molecular formula is C15H16N2O3. The van der Waals surface area contributed by atoms with Crippen LogP contribution in [-0.4, -0.2) is 27.7 Å². The number of hydrogen-bond donors (Lipinski definition) is 1. The molecule has 0 spiro atoms. The van der Waals surface area contributed by atoms with Gasteiger partial charge in [-0.05, 0) is 42.7 Å². The molecule has 5 nitrogen and oxygen atoms in total. The number of aromatic carboxylic acids is 1. The first-order chi connectivity index (χ1) is 9.75. The van der Waals surface area contributed by atoms with Crippen LogP contribution in [0, 0.1) is 0 Å². The predicted octanol–water partition coefficient (Wildman–Crippen LogP) is 2.32. The SMILES string of the molecule is O=C(O)c1ccc(COCCCc2ccncc2)nc1. The molecular weight excluding hydrogens is 256 g/mol. The third-order valence-corrected chi connectivity index (χ3v) is 2.83. The molecule has 0 aliphatic rings. The van der Waals surface area contributed by atoms with Crippen LogP contribution in [0.1, 0.15) is 28.0 Å². The van der Waals surface area contributed by atoms with Crippen molar-refractivity contribution < 1.29 is 14.6 Å². The highest BCUT2D eigenvalue weighted by Gasteiger charge is 2.02. The van der Waals surface area contributed by atoms with E-state index in [1.54, 1.807) is 18.5 Å². The highest BCUT2D eigenvalue weighted by Crippen LogP contribution is 2.04. The fourth-order valence-corrected chi connectivity index (χ4v) is 1.74. The van der Waals surface area contributed by atoms with Crippen molar-refractivity contribution in [3.05, 3.63) is 59.7 Å². The molecule has 5 heteroatoms. The molecule has 0 fully saturated rings. The van der Waals surface area contributed by atoms with Crippen LogP contribution in [-0.2, 0) is 17.8 Å². The van der Waals surface area contributed by atoms with Gasteiger partial charge in [-0.2, -0.15) is 0 Å². The lowest BCUT2D eigenvalue weighted by Gasteiger charge is -2.04. The molecule has 0 unspecified atom stereocenters. The largest absolute Gasteiger partial charge is 0.478 e. The summed E-state index contributed by atoms with van der Waals surface area (Å²) >= 11 is 0. The number of nitrogens with zero attached hydrogens (tertiary/aromatic N) is 2. The Morgan fingerprint density at radius 1 is 1.20 bits per heavy atom. The van der Waals surface area contributed by atoms with Crippen LogP contribution in [0.25, 0.3) is 0 Å². The summed E-state index contributed by atoms with van der Waals surface area (Å²) in [6.07, 6.45) is 6.79. The summed E-state index contributed by atoms with van der Waals surface area (Å²) in [5.74, 6) is -0.970. The zero-order valence-electron chi connectivity index (χ0n) is 11.0. The number of carbonyl (C=O) groups is 1. The quantitative estimate of drug-likeness (QED) is 0.783. The van der Waals surface area contributed by atoms with E-state index < -0.39 is 5.97 Å². The molecule has 0 radical (unpaired) electrons. The summed E-state index contributed by atoms with van der Waals surface area (Å²) in [4.78, 5) is 18.7. The molecule has 0 aliphatic heterocycles. The third kappa shape index (κ3) is 4.44. The Labute approximate surface area is 117 Å². The van der Waals surface area contributed by atoms with Gasteiger partial charge in [0.05, 0.1) is 17.9 Å². The van der Waals surface area contributed by atoms with E-state index in [1.807, 2.05) is 12.1 Å². The zero-order valence-corrected chi connectivity index (χ0v) is 11.0. The molecule has 104 valence electrons. The number of aryl methyl sites for hydroxylation is 1. The molecule has 2 aromatic heterocycles. The Morgan fingerprint density at radius 3 is 2.65 bits per heavy atom. The number of pyridine rings is 2. The van der Waals surface area contributed by atoms with Gasteiger partial charge in [-0.25, -0.2) is 4.79 Å². The number of ether oxygens (including phenoxy) is 1. The number of carboxylic acids is 1. The van der Waals surface area contributed by atoms with Gasteiger partial charge in [-0.15, -0.1) is 0 Å². The average molecular weight is 272 g/mol. The van der Waals surface area contributed by atoms with Gasteiger partial charge in [0.2, 0.25) is 0 Å². The van der Waals surface area contributed by atoms with Crippen LogP contribution >= 0.6 is 0 Å². The minimum Gasteiger partial charge on any atom is -0.478 e. The van der Waals surface area contributed by atoms with E-state index in [-0.39, 0.29) is 5.56 Å². The van der Waals surface area contributed by atoms with Gasteiger partial charge in [0.25, 0.3) is 0 Å². The van der Waals surface area contributed by atoms with Gasteiger partial charge < -0.3 is 9.84 Å². The van der Waals surface area contributed by atoms with E-state index in [2.05, 4.69) is 9.97 Å². The highest BCUT2D eigenvalue weighted by atomic mass is 16.5. The van der Waals surface area contributed by atoms with Gasteiger partial charge in [-0.3, -0.25) is 9.97 Å². The van der Waals surface area contributed by atoms with Crippen LogP contribution in [0.3, 0.4) is 0 Å². The van der Waals surface area contributed by atoms with Crippen LogP contribution in [0.5, 0.6) is 0 Å². The first-order valence-electron chi connectivity index (χ1n) is 6.40. The molecule has 0 aliphatic carbocycles. The molecule has 20 heavy (non-hydrogen) atoms. The van der Waals surface area contributed by atoms with Crippen molar-refractivity contribution in [2.24, 2.45) is 0 Å². The van der Waals surface area contributed by atoms with Crippen LogP contribution in [0.4, 0.5) is 0 Å². The Bertz CT molecular complexity index is 541. The van der Waals surface area contributed by atoms with Crippen molar-refractivity contribution >= 4 is 5.97 Å². The van der Waals surface area contributed by atoms with Gasteiger partial charge in [0.15, 0.2) is 0 Å². The molecule has 2 aromatic rings. The Morgan fingerprint density at radius 2 is 2.00 bits per heavy atom. The Hall–Kier alpha value is -2.27. The first-order valence-corrected chi connectivity index (χ1v) is 6.40. The Balaban J connectivity index is 1.67. The maximum absolute atomic E-state index is 10.7. The second-order valence-electron chi connectivity index (χ2n) is 4.35. The van der Waals surface area contributed by atoms with E-state index in [0.29, 0.717) is 13.2 Å². The van der Waals surface area contributed by atoms with Crippen molar-refractivity contribution in [3.63, 3.8) is 0 Å². The monoisotopic (exact) mass is 272 g/mol. The number of aromatic nitrogens is 2. The maximum atomic E-state index is 10.7. The predicted molar refractivity (Wildman–Crippen MR) is 73.4 cm³/mol. The first kappa shape index (κ1) is 14.1. The minimum atomic E-state index is -0.970. The average Bonchev–Trinajstić information content (AvgIpc) is 2.48. The fraction of sp³-hybridized carbons (Fsp3) is 0.267. The zero-order chi connectivity index (χ0) is 14.2. The minimum absolute atomic E-state index is 0.187. The van der Waals surface area contributed by atoms with E-state index >= 15 is 0 Å². The lowest BCUT2D eigenvalue weighted by molar-refractivity contribution is 0.0696. The molecule has 2 rings (SSSR count). The molecule has 1 N–H and O–H groups in total. The number of rotatable bonds is 7. The van der Waals surface area contributed by atoms with Gasteiger partial charge in [0, 0.05) is 25.2 Å². The standard InChI is InChI=1S/C15H16N2O3/c18-15(19)13-3-4-14(17-10-13)11-20-9-1-2-12-5-7-16-8-6-12/h3-8,10H,1-2,9,11H2,(H,18,19). The fourth-order valence-electron chi connectivity index (χ4n) is 1.74. The second kappa shape index (κ2) is 7.35. The van der Waals surface area contributed by atoms with Gasteiger partial charge in [-0.1, -0.05) is 0 Å². The number of hydrogen-bond acceptors (Lipinski definition) is 4. The molecule has 2 heterocycles.